The van der Waals surface area contributed by atoms with Crippen molar-refractivity contribution in [2.24, 2.45) is 11.7 Å². The Morgan fingerprint density at radius 3 is 2.54 bits per heavy atom. The number of nitrogens with one attached hydrogen (secondary N) is 1. The van der Waals surface area contributed by atoms with E-state index in [1.165, 1.54) is 0 Å². The normalized spacial score (nSPS) is 25.7. The molecule has 1 fully saturated rings. The Morgan fingerprint density at radius 1 is 1.31 bits per heavy atom. The quantitative estimate of drug-likeness (QED) is 0.580. The van der Waals surface area contributed by atoms with Gasteiger partial charge in [-0.1, -0.05) is 19.8 Å². The van der Waals surface area contributed by atoms with Gasteiger partial charge in [-0.05, 0) is 18.8 Å². The van der Waals surface area contributed by atoms with Crippen molar-refractivity contribution in [2.75, 3.05) is 19.8 Å². The van der Waals surface area contributed by atoms with E-state index in [2.05, 4.69) is 4.72 Å². The van der Waals surface area contributed by atoms with Gasteiger partial charge in [-0.15, -0.1) is 0 Å². The zero-order valence-electron chi connectivity index (χ0n) is 14.6. The maximum atomic E-state index is 13.1. The number of hydrogen-bond donors (Lipinski definition) is 2. The largest absolute Gasteiger partial charge is 0.486 e. The van der Waals surface area contributed by atoms with Crippen LogP contribution in [0.15, 0.2) is 17.0 Å². The van der Waals surface area contributed by atoms with Crippen molar-refractivity contribution >= 4 is 15.7 Å². The van der Waals surface area contributed by atoms with Gasteiger partial charge < -0.3 is 15.2 Å². The summed E-state index contributed by atoms with van der Waals surface area (Å²) >= 11 is 0. The lowest BCUT2D eigenvalue weighted by Gasteiger charge is -2.42. The minimum atomic E-state index is -4.18. The molecule has 2 unspecified atom stereocenters. The average molecular weight is 385 g/mol. The molecular weight excluding hydrogens is 362 g/mol. The number of sulfonamides is 1. The molecular formula is C16H23N3O6S. The molecule has 0 radical (unpaired) electrons. The van der Waals surface area contributed by atoms with Crippen LogP contribution >= 0.6 is 0 Å². The summed E-state index contributed by atoms with van der Waals surface area (Å²) in [5, 5.41) is 11.5. The third kappa shape index (κ3) is 3.36. The molecule has 1 aliphatic heterocycles. The molecule has 10 heteroatoms. The minimum Gasteiger partial charge on any atom is -0.486 e. The van der Waals surface area contributed by atoms with Crippen LogP contribution in [-0.4, -0.2) is 38.6 Å². The second-order valence-electron chi connectivity index (χ2n) is 6.83. The van der Waals surface area contributed by atoms with E-state index >= 15 is 0 Å². The zero-order chi connectivity index (χ0) is 18.9. The minimum absolute atomic E-state index is 0.0345. The Labute approximate surface area is 152 Å². The van der Waals surface area contributed by atoms with Gasteiger partial charge in [0.15, 0.2) is 16.4 Å². The van der Waals surface area contributed by atoms with Crippen LogP contribution in [0.4, 0.5) is 5.69 Å². The molecule has 1 aromatic rings. The van der Waals surface area contributed by atoms with Crippen LogP contribution in [0.2, 0.25) is 0 Å². The van der Waals surface area contributed by atoms with Crippen LogP contribution < -0.4 is 19.9 Å². The first-order valence-corrected chi connectivity index (χ1v) is 10.1. The Hall–Kier alpha value is -1.91. The van der Waals surface area contributed by atoms with Crippen LogP contribution in [-0.2, 0) is 10.0 Å². The highest BCUT2D eigenvalue weighted by Gasteiger charge is 2.42. The molecule has 26 heavy (non-hydrogen) atoms. The summed E-state index contributed by atoms with van der Waals surface area (Å²) in [5.41, 5.74) is 4.57. The summed E-state index contributed by atoms with van der Waals surface area (Å²) in [6, 6.07) is 2.26. The van der Waals surface area contributed by atoms with E-state index in [1.807, 2.05) is 6.92 Å². The molecule has 9 nitrogen and oxygen atoms in total. The van der Waals surface area contributed by atoms with E-state index in [9.17, 15) is 18.5 Å². The van der Waals surface area contributed by atoms with Crippen molar-refractivity contribution in [1.82, 2.24) is 4.72 Å². The van der Waals surface area contributed by atoms with E-state index in [0.717, 1.165) is 31.4 Å². The average Bonchev–Trinajstić information content (AvgIpc) is 2.62. The highest BCUT2D eigenvalue weighted by atomic mass is 32.2. The Morgan fingerprint density at radius 2 is 1.96 bits per heavy atom. The van der Waals surface area contributed by atoms with Gasteiger partial charge in [0, 0.05) is 18.2 Å². The first-order valence-electron chi connectivity index (χ1n) is 8.61. The Kier molecular flexibility index (Phi) is 5.09. The molecule has 2 aliphatic rings. The number of benzene rings is 1. The zero-order valence-corrected chi connectivity index (χ0v) is 15.4. The van der Waals surface area contributed by atoms with Crippen molar-refractivity contribution < 1.29 is 22.8 Å². The summed E-state index contributed by atoms with van der Waals surface area (Å²) in [7, 11) is -4.18. The first-order chi connectivity index (χ1) is 12.3. The highest BCUT2D eigenvalue weighted by molar-refractivity contribution is 7.89. The molecule has 1 aliphatic carbocycles. The SMILES string of the molecule is CC1CCCCC1(CN)NS(=O)(=O)c1cc2c(cc1[N+](=O)[O-])OCCO2. The second-order valence-corrected chi connectivity index (χ2v) is 8.48. The van der Waals surface area contributed by atoms with Crippen LogP contribution in [0.25, 0.3) is 0 Å². The van der Waals surface area contributed by atoms with E-state index in [4.69, 9.17) is 15.2 Å². The molecule has 0 aromatic heterocycles. The Bertz CT molecular complexity index is 812. The number of rotatable bonds is 5. The van der Waals surface area contributed by atoms with Gasteiger partial charge in [0.25, 0.3) is 5.69 Å². The fraction of sp³-hybridized carbons (Fsp3) is 0.625. The molecule has 1 heterocycles. The van der Waals surface area contributed by atoms with Crippen molar-refractivity contribution in [3.8, 4) is 11.5 Å². The number of nitro groups is 1. The number of hydrogen-bond acceptors (Lipinski definition) is 7. The molecule has 0 amide bonds. The van der Waals surface area contributed by atoms with Gasteiger partial charge in [0.05, 0.1) is 11.0 Å². The van der Waals surface area contributed by atoms with Crippen molar-refractivity contribution in [2.45, 2.75) is 43.0 Å². The van der Waals surface area contributed by atoms with Gasteiger partial charge in [-0.3, -0.25) is 10.1 Å². The molecule has 0 bridgehead atoms. The third-order valence-electron chi connectivity index (χ3n) is 5.27. The molecule has 2 atom stereocenters. The summed E-state index contributed by atoms with van der Waals surface area (Å²) in [6.45, 7) is 2.59. The van der Waals surface area contributed by atoms with Gasteiger partial charge in [0.2, 0.25) is 10.0 Å². The van der Waals surface area contributed by atoms with E-state index in [0.29, 0.717) is 6.42 Å². The summed E-state index contributed by atoms with van der Waals surface area (Å²) in [4.78, 5) is 10.3. The lowest BCUT2D eigenvalue weighted by Crippen LogP contribution is -2.59. The second kappa shape index (κ2) is 7.01. The van der Waals surface area contributed by atoms with Gasteiger partial charge in [-0.2, -0.15) is 0 Å². The monoisotopic (exact) mass is 385 g/mol. The summed E-state index contributed by atoms with van der Waals surface area (Å²) < 4.78 is 39.5. The van der Waals surface area contributed by atoms with Crippen LogP contribution in [0.5, 0.6) is 11.5 Å². The van der Waals surface area contributed by atoms with E-state index < -0.39 is 31.1 Å². The molecule has 3 rings (SSSR count). The van der Waals surface area contributed by atoms with Crippen LogP contribution in [0.1, 0.15) is 32.6 Å². The maximum absolute atomic E-state index is 13.1. The standard InChI is InChI=1S/C16H23N3O6S/c1-11-4-2-3-5-16(11,10-17)18-26(22,23)15-9-14-13(24-6-7-25-14)8-12(15)19(20)21/h8-9,11,18H,2-7,10,17H2,1H3. The van der Waals surface area contributed by atoms with Crippen molar-refractivity contribution in [3.05, 3.63) is 22.2 Å². The molecule has 1 aromatic carbocycles. The fourth-order valence-electron chi connectivity index (χ4n) is 3.65. The first kappa shape index (κ1) is 18.9. The van der Waals surface area contributed by atoms with E-state index in [1.54, 1.807) is 0 Å². The maximum Gasteiger partial charge on any atom is 0.293 e. The number of ether oxygens (including phenoxy) is 2. The van der Waals surface area contributed by atoms with E-state index in [-0.39, 0.29) is 37.2 Å². The third-order valence-corrected chi connectivity index (χ3v) is 6.85. The lowest BCUT2D eigenvalue weighted by molar-refractivity contribution is -0.388. The predicted molar refractivity (Wildman–Crippen MR) is 93.8 cm³/mol. The van der Waals surface area contributed by atoms with Crippen LogP contribution in [0.3, 0.4) is 0 Å². The molecule has 144 valence electrons. The smallest absolute Gasteiger partial charge is 0.293 e. The van der Waals surface area contributed by atoms with Gasteiger partial charge >= 0.3 is 0 Å². The van der Waals surface area contributed by atoms with Crippen molar-refractivity contribution in [3.63, 3.8) is 0 Å². The molecule has 0 spiro atoms. The number of nitrogens with two attached hydrogens (primary N) is 1. The lowest BCUT2D eigenvalue weighted by atomic mass is 9.74. The summed E-state index contributed by atoms with van der Waals surface area (Å²) in [5.74, 6) is 0.384. The molecule has 0 saturated heterocycles. The van der Waals surface area contributed by atoms with Gasteiger partial charge in [-0.25, -0.2) is 13.1 Å². The number of nitrogens with zero attached hydrogens (tertiary/aromatic N) is 1. The summed E-state index contributed by atoms with van der Waals surface area (Å²) in [6.07, 6.45) is 3.31. The number of nitro benzene ring substituents is 1. The Balaban J connectivity index is 2.04. The van der Waals surface area contributed by atoms with Crippen molar-refractivity contribution in [1.29, 1.82) is 0 Å². The predicted octanol–water partition coefficient (Wildman–Crippen LogP) is 1.55. The topological polar surface area (TPSA) is 134 Å². The molecule has 3 N–H and O–H groups in total. The highest BCUT2D eigenvalue weighted by Crippen LogP contribution is 2.40. The van der Waals surface area contributed by atoms with Gasteiger partial charge in [0.1, 0.15) is 13.2 Å². The van der Waals surface area contributed by atoms with Crippen LogP contribution in [0, 0.1) is 16.0 Å². The number of fused-ring (bicyclic) bond motifs is 1. The molecule has 1 saturated carbocycles. The fourth-order valence-corrected chi connectivity index (χ4v) is 5.35.